The van der Waals surface area contributed by atoms with Gasteiger partial charge in [-0.25, -0.2) is 22.0 Å². The van der Waals surface area contributed by atoms with Crippen LogP contribution in [-0.2, 0) is 20.0 Å². The van der Waals surface area contributed by atoms with E-state index in [9.17, 15) is 16.8 Å². The molecular weight excluding hydrogens is 424 g/mol. The lowest BCUT2D eigenvalue weighted by atomic mass is 10.3. The van der Waals surface area contributed by atoms with Crippen LogP contribution in [0.2, 0.25) is 5.02 Å². The Morgan fingerprint density at radius 2 is 1.86 bits per heavy atom. The summed E-state index contributed by atoms with van der Waals surface area (Å²) in [6, 6.07) is 5.09. The van der Waals surface area contributed by atoms with Gasteiger partial charge >= 0.3 is 0 Å². The second kappa shape index (κ2) is 5.86. The lowest BCUT2D eigenvalue weighted by Crippen LogP contribution is -2.15. The van der Waals surface area contributed by atoms with Crippen LogP contribution >= 0.6 is 38.9 Å². The fourth-order valence-corrected chi connectivity index (χ4v) is 5.59. The number of anilines is 1. The maximum Gasteiger partial charge on any atom is 0.272 e. The average molecular weight is 432 g/mol. The lowest BCUT2D eigenvalue weighted by molar-refractivity contribution is 0.596. The van der Waals surface area contributed by atoms with Gasteiger partial charge in [-0.2, -0.15) is 0 Å². The molecule has 114 valence electrons. The Labute approximate surface area is 139 Å². The van der Waals surface area contributed by atoms with E-state index in [0.717, 1.165) is 17.4 Å². The van der Waals surface area contributed by atoms with Gasteiger partial charge in [0.05, 0.1) is 15.6 Å². The number of sulfonamides is 2. The normalized spacial score (nSPS) is 12.3. The van der Waals surface area contributed by atoms with E-state index in [1.165, 1.54) is 12.1 Å². The molecule has 6 nitrogen and oxygen atoms in total. The van der Waals surface area contributed by atoms with Crippen molar-refractivity contribution in [2.45, 2.75) is 9.10 Å². The molecule has 0 aliphatic carbocycles. The van der Waals surface area contributed by atoms with Crippen LogP contribution in [0.4, 0.5) is 5.69 Å². The first-order chi connectivity index (χ1) is 9.61. The van der Waals surface area contributed by atoms with E-state index in [1.54, 1.807) is 11.4 Å². The molecule has 1 heterocycles. The van der Waals surface area contributed by atoms with Crippen LogP contribution in [0.3, 0.4) is 0 Å². The van der Waals surface area contributed by atoms with Gasteiger partial charge in [-0.05, 0) is 45.6 Å². The molecule has 2 aromatic rings. The Morgan fingerprint density at radius 1 is 1.19 bits per heavy atom. The minimum absolute atomic E-state index is 0.0543. The van der Waals surface area contributed by atoms with Gasteiger partial charge in [-0.1, -0.05) is 11.6 Å². The van der Waals surface area contributed by atoms with E-state index < -0.39 is 20.0 Å². The van der Waals surface area contributed by atoms with Crippen LogP contribution < -0.4 is 9.86 Å². The van der Waals surface area contributed by atoms with Crippen LogP contribution in [0.15, 0.2) is 43.2 Å². The zero-order valence-electron chi connectivity index (χ0n) is 10.1. The topological polar surface area (TPSA) is 106 Å². The van der Waals surface area contributed by atoms with E-state index in [1.807, 2.05) is 0 Å². The molecule has 1 aromatic carbocycles. The largest absolute Gasteiger partial charge is 0.277 e. The van der Waals surface area contributed by atoms with Gasteiger partial charge in [0, 0.05) is 4.47 Å². The minimum atomic E-state index is -3.96. The van der Waals surface area contributed by atoms with Crippen LogP contribution in [-0.4, -0.2) is 16.8 Å². The van der Waals surface area contributed by atoms with Crippen molar-refractivity contribution >= 4 is 64.6 Å². The highest BCUT2D eigenvalue weighted by atomic mass is 79.9. The van der Waals surface area contributed by atoms with Crippen molar-refractivity contribution in [3.05, 3.63) is 39.1 Å². The van der Waals surface area contributed by atoms with Gasteiger partial charge < -0.3 is 0 Å². The molecule has 0 aliphatic heterocycles. The van der Waals surface area contributed by atoms with Gasteiger partial charge in [-0.15, -0.1) is 11.3 Å². The first kappa shape index (κ1) is 16.7. The molecule has 0 radical (unpaired) electrons. The molecule has 0 saturated heterocycles. The Morgan fingerprint density at radius 3 is 2.38 bits per heavy atom. The number of nitrogens with two attached hydrogens (primary N) is 1. The molecule has 0 unspecified atom stereocenters. The molecule has 0 bridgehead atoms. The molecule has 11 heteroatoms. The summed E-state index contributed by atoms with van der Waals surface area (Å²) < 4.78 is 49.7. The van der Waals surface area contributed by atoms with Gasteiger partial charge in [-0.3, -0.25) is 4.72 Å². The van der Waals surface area contributed by atoms with E-state index in [0.29, 0.717) is 4.47 Å². The fraction of sp³-hybridized carbons (Fsp3) is 0. The molecule has 0 atom stereocenters. The maximum atomic E-state index is 12.2. The van der Waals surface area contributed by atoms with Crippen LogP contribution in [0.5, 0.6) is 0 Å². The standard InChI is InChI=1S/C10H8BrClN2O4S3/c11-7-3-4-19-10(7)21(17,18)14-9-5-6(20(13,15)16)1-2-8(9)12/h1-5,14H,(H2,13,15,16). The van der Waals surface area contributed by atoms with Gasteiger partial charge in [0.15, 0.2) is 4.21 Å². The monoisotopic (exact) mass is 430 g/mol. The summed E-state index contributed by atoms with van der Waals surface area (Å²) in [6.07, 6.45) is 0. The highest BCUT2D eigenvalue weighted by Crippen LogP contribution is 2.32. The Balaban J connectivity index is 2.47. The highest BCUT2D eigenvalue weighted by Gasteiger charge is 2.21. The number of benzene rings is 1. The highest BCUT2D eigenvalue weighted by molar-refractivity contribution is 9.10. The van der Waals surface area contributed by atoms with E-state index >= 15 is 0 Å². The smallest absolute Gasteiger partial charge is 0.272 e. The molecule has 1 aromatic heterocycles. The predicted octanol–water partition coefficient (Wildman–Crippen LogP) is 2.61. The molecule has 3 N–H and O–H groups in total. The summed E-state index contributed by atoms with van der Waals surface area (Å²) in [5.41, 5.74) is -0.0662. The first-order valence-electron chi connectivity index (χ1n) is 5.19. The van der Waals surface area contributed by atoms with Gasteiger partial charge in [0.1, 0.15) is 0 Å². The second-order valence-corrected chi connectivity index (χ2v) is 9.46. The van der Waals surface area contributed by atoms with Crippen molar-refractivity contribution < 1.29 is 16.8 Å². The number of hydrogen-bond donors (Lipinski definition) is 2. The molecule has 0 saturated carbocycles. The third-order valence-corrected chi connectivity index (χ3v) is 7.62. The number of rotatable bonds is 4. The Kier molecular flexibility index (Phi) is 4.66. The van der Waals surface area contributed by atoms with Crippen molar-refractivity contribution in [2.24, 2.45) is 5.14 Å². The minimum Gasteiger partial charge on any atom is -0.277 e. The molecule has 2 rings (SSSR count). The quantitative estimate of drug-likeness (QED) is 0.776. The van der Waals surface area contributed by atoms with Crippen molar-refractivity contribution in [2.75, 3.05) is 4.72 Å². The summed E-state index contributed by atoms with van der Waals surface area (Å²) >= 11 is 10.0. The summed E-state index contributed by atoms with van der Waals surface area (Å²) in [7, 11) is -7.84. The van der Waals surface area contributed by atoms with Crippen LogP contribution in [0, 0.1) is 0 Å². The third kappa shape index (κ3) is 3.76. The van der Waals surface area contributed by atoms with Crippen LogP contribution in [0.1, 0.15) is 0 Å². The number of primary sulfonamides is 1. The average Bonchev–Trinajstić information content (AvgIpc) is 2.77. The number of thiophene rings is 1. The lowest BCUT2D eigenvalue weighted by Gasteiger charge is -2.10. The third-order valence-electron chi connectivity index (χ3n) is 2.34. The number of hydrogen-bond acceptors (Lipinski definition) is 5. The Bertz CT molecular complexity index is 893. The molecular formula is C10H8BrClN2O4S3. The van der Waals surface area contributed by atoms with Gasteiger partial charge in [0.2, 0.25) is 10.0 Å². The zero-order valence-corrected chi connectivity index (χ0v) is 14.9. The molecule has 21 heavy (non-hydrogen) atoms. The zero-order chi connectivity index (χ0) is 15.8. The molecule has 0 spiro atoms. The van der Waals surface area contributed by atoms with Crippen molar-refractivity contribution in [3.8, 4) is 0 Å². The van der Waals surface area contributed by atoms with E-state index in [-0.39, 0.29) is 19.8 Å². The predicted molar refractivity (Wildman–Crippen MR) is 85.7 cm³/mol. The first-order valence-corrected chi connectivity index (χ1v) is 10.3. The molecule has 0 fully saturated rings. The summed E-state index contributed by atoms with van der Waals surface area (Å²) in [4.78, 5) is -0.241. The summed E-state index contributed by atoms with van der Waals surface area (Å²) in [5.74, 6) is 0. The second-order valence-electron chi connectivity index (χ2n) is 3.85. The van der Waals surface area contributed by atoms with Crippen LogP contribution in [0.25, 0.3) is 0 Å². The van der Waals surface area contributed by atoms with Crippen molar-refractivity contribution in [1.29, 1.82) is 0 Å². The van der Waals surface area contributed by atoms with Crippen molar-refractivity contribution in [3.63, 3.8) is 0 Å². The molecule has 0 aliphatic rings. The summed E-state index contributed by atoms with van der Waals surface area (Å²) in [6.45, 7) is 0. The number of nitrogens with one attached hydrogen (secondary N) is 1. The summed E-state index contributed by atoms with van der Waals surface area (Å²) in [5, 5.41) is 6.66. The van der Waals surface area contributed by atoms with Crippen molar-refractivity contribution in [1.82, 2.24) is 0 Å². The Hall–Kier alpha value is -0.650. The SMILES string of the molecule is NS(=O)(=O)c1ccc(Cl)c(NS(=O)(=O)c2sccc2Br)c1. The fourth-order valence-electron chi connectivity index (χ4n) is 1.42. The molecule has 0 amide bonds. The van der Waals surface area contributed by atoms with E-state index in [4.69, 9.17) is 16.7 Å². The number of halogens is 2. The van der Waals surface area contributed by atoms with E-state index in [2.05, 4.69) is 20.7 Å². The maximum absolute atomic E-state index is 12.2. The van der Waals surface area contributed by atoms with Gasteiger partial charge in [0.25, 0.3) is 10.0 Å².